The van der Waals surface area contributed by atoms with Crippen LogP contribution >= 0.6 is 24.0 Å². The summed E-state index contributed by atoms with van der Waals surface area (Å²) in [7, 11) is 3.21. The van der Waals surface area contributed by atoms with Crippen molar-refractivity contribution in [1.29, 1.82) is 0 Å². The Bertz CT molecular complexity index is 586. The van der Waals surface area contributed by atoms with Gasteiger partial charge >= 0.3 is 5.97 Å². The van der Waals surface area contributed by atoms with Gasteiger partial charge in [0.25, 0.3) is 0 Å². The number of halogens is 1. The molecule has 0 amide bonds. The van der Waals surface area contributed by atoms with E-state index in [1.165, 1.54) is 0 Å². The highest BCUT2D eigenvalue weighted by molar-refractivity contribution is 14.0. The molecule has 2 N–H and O–H groups in total. The summed E-state index contributed by atoms with van der Waals surface area (Å²) < 4.78 is 16.0. The Morgan fingerprint density at radius 1 is 1.24 bits per heavy atom. The molecule has 0 spiro atoms. The van der Waals surface area contributed by atoms with Crippen LogP contribution in [0.1, 0.15) is 27.7 Å². The Labute approximate surface area is 166 Å². The first-order valence-electron chi connectivity index (χ1n) is 7.79. The zero-order valence-corrected chi connectivity index (χ0v) is 18.0. The van der Waals surface area contributed by atoms with Crippen LogP contribution in [0, 0.1) is 0 Å². The molecular weight excluding hydrogens is 437 g/mol. The number of methoxy groups -OCH3 is 1. The largest absolute Gasteiger partial charge is 0.493 e. The molecule has 8 heteroatoms. The smallest absolute Gasteiger partial charge is 0.325 e. The Kier molecular flexibility index (Phi) is 10.3. The van der Waals surface area contributed by atoms with E-state index in [4.69, 9.17) is 14.2 Å². The summed E-state index contributed by atoms with van der Waals surface area (Å²) in [5, 5.41) is 6.01. The van der Waals surface area contributed by atoms with Gasteiger partial charge < -0.3 is 24.8 Å². The molecule has 1 aromatic carbocycles. The number of esters is 1. The number of rotatable bonds is 6. The number of guanidine groups is 1. The summed E-state index contributed by atoms with van der Waals surface area (Å²) in [5.41, 5.74) is 0.245. The quantitative estimate of drug-likeness (QED) is 0.291. The molecule has 1 aromatic rings. The molecule has 0 heterocycles. The SMILES string of the molecule is CCOc1cc(NC(=NC)NCC(=O)OC(C)(C)C)ccc1OC.I. The zero-order chi connectivity index (χ0) is 18.2. The second-order valence-electron chi connectivity index (χ2n) is 5.94. The minimum atomic E-state index is -0.516. The number of benzene rings is 1. The van der Waals surface area contributed by atoms with Crippen LogP contribution in [0.15, 0.2) is 23.2 Å². The fourth-order valence-electron chi connectivity index (χ4n) is 1.87. The van der Waals surface area contributed by atoms with Gasteiger partial charge in [-0.05, 0) is 39.8 Å². The number of hydrogen-bond acceptors (Lipinski definition) is 5. The van der Waals surface area contributed by atoms with Crippen LogP contribution in [-0.2, 0) is 9.53 Å². The van der Waals surface area contributed by atoms with Crippen molar-refractivity contribution in [2.24, 2.45) is 4.99 Å². The molecular formula is C17H28IN3O4. The Hall–Kier alpha value is -1.71. The fourth-order valence-corrected chi connectivity index (χ4v) is 1.87. The van der Waals surface area contributed by atoms with Crippen molar-refractivity contribution in [2.45, 2.75) is 33.3 Å². The van der Waals surface area contributed by atoms with Crippen molar-refractivity contribution >= 4 is 41.6 Å². The molecule has 0 aliphatic heterocycles. The Balaban J connectivity index is 0.00000576. The summed E-state index contributed by atoms with van der Waals surface area (Å²) in [6, 6.07) is 5.44. The lowest BCUT2D eigenvalue weighted by Crippen LogP contribution is -2.37. The molecule has 7 nitrogen and oxygen atoms in total. The number of nitrogens with zero attached hydrogens (tertiary/aromatic N) is 1. The van der Waals surface area contributed by atoms with E-state index in [1.807, 2.05) is 39.8 Å². The molecule has 0 unspecified atom stereocenters. The van der Waals surface area contributed by atoms with E-state index in [0.29, 0.717) is 24.1 Å². The first-order valence-corrected chi connectivity index (χ1v) is 7.79. The third-order valence-electron chi connectivity index (χ3n) is 2.77. The van der Waals surface area contributed by atoms with Crippen molar-refractivity contribution in [3.8, 4) is 11.5 Å². The molecule has 0 aromatic heterocycles. The van der Waals surface area contributed by atoms with Crippen LogP contribution in [0.4, 0.5) is 5.69 Å². The van der Waals surface area contributed by atoms with Gasteiger partial charge in [0, 0.05) is 18.8 Å². The third kappa shape index (κ3) is 8.80. The molecule has 0 saturated heterocycles. The molecule has 25 heavy (non-hydrogen) atoms. The van der Waals surface area contributed by atoms with Crippen LogP contribution < -0.4 is 20.1 Å². The second-order valence-corrected chi connectivity index (χ2v) is 5.94. The van der Waals surface area contributed by atoms with Crippen LogP contribution in [0.5, 0.6) is 11.5 Å². The molecule has 0 aliphatic carbocycles. The lowest BCUT2D eigenvalue weighted by Gasteiger charge is -2.20. The standard InChI is InChI=1S/C17H27N3O4.HI/c1-7-23-14-10-12(8-9-13(14)22-6)20-16(18-5)19-11-15(21)24-17(2,3)4;/h8-10H,7,11H2,1-6H3,(H2,18,19,20);1H. The minimum Gasteiger partial charge on any atom is -0.493 e. The van der Waals surface area contributed by atoms with E-state index in [1.54, 1.807) is 20.2 Å². The van der Waals surface area contributed by atoms with E-state index in [2.05, 4.69) is 15.6 Å². The molecule has 0 bridgehead atoms. The van der Waals surface area contributed by atoms with Crippen LogP contribution in [0.2, 0.25) is 0 Å². The van der Waals surface area contributed by atoms with Gasteiger partial charge in [-0.1, -0.05) is 0 Å². The maximum atomic E-state index is 11.8. The summed E-state index contributed by atoms with van der Waals surface area (Å²) in [6.07, 6.45) is 0. The summed E-state index contributed by atoms with van der Waals surface area (Å²) in [6.45, 7) is 7.93. The van der Waals surface area contributed by atoms with Crippen LogP contribution in [-0.4, -0.2) is 44.8 Å². The van der Waals surface area contributed by atoms with Gasteiger partial charge in [0.2, 0.25) is 0 Å². The van der Waals surface area contributed by atoms with E-state index < -0.39 is 5.60 Å². The first-order chi connectivity index (χ1) is 11.3. The second kappa shape index (κ2) is 11.0. The fraction of sp³-hybridized carbons (Fsp3) is 0.529. The number of ether oxygens (including phenoxy) is 3. The number of anilines is 1. The van der Waals surface area contributed by atoms with E-state index in [0.717, 1.165) is 5.69 Å². The van der Waals surface area contributed by atoms with Crippen molar-refractivity contribution in [2.75, 3.05) is 32.6 Å². The zero-order valence-electron chi connectivity index (χ0n) is 15.6. The summed E-state index contributed by atoms with van der Waals surface area (Å²) >= 11 is 0. The first kappa shape index (κ1) is 23.3. The van der Waals surface area contributed by atoms with Crippen molar-refractivity contribution < 1.29 is 19.0 Å². The highest BCUT2D eigenvalue weighted by Gasteiger charge is 2.16. The average Bonchev–Trinajstić information content (AvgIpc) is 2.50. The van der Waals surface area contributed by atoms with Gasteiger partial charge in [-0.3, -0.25) is 9.79 Å². The Morgan fingerprint density at radius 3 is 2.44 bits per heavy atom. The van der Waals surface area contributed by atoms with E-state index in [-0.39, 0.29) is 36.5 Å². The van der Waals surface area contributed by atoms with Gasteiger partial charge in [-0.2, -0.15) is 0 Å². The Morgan fingerprint density at radius 2 is 1.92 bits per heavy atom. The number of carbonyl (C=O) groups excluding carboxylic acids is 1. The summed E-state index contributed by atoms with van der Waals surface area (Å²) in [4.78, 5) is 15.8. The van der Waals surface area contributed by atoms with Gasteiger partial charge in [0.05, 0.1) is 13.7 Å². The van der Waals surface area contributed by atoms with Crippen molar-refractivity contribution in [3.05, 3.63) is 18.2 Å². The highest BCUT2D eigenvalue weighted by Crippen LogP contribution is 2.30. The lowest BCUT2D eigenvalue weighted by atomic mass is 10.2. The van der Waals surface area contributed by atoms with Gasteiger partial charge in [0.15, 0.2) is 17.5 Å². The average molecular weight is 465 g/mol. The molecule has 0 aliphatic rings. The van der Waals surface area contributed by atoms with Crippen LogP contribution in [0.25, 0.3) is 0 Å². The molecule has 142 valence electrons. The van der Waals surface area contributed by atoms with Crippen LogP contribution in [0.3, 0.4) is 0 Å². The maximum absolute atomic E-state index is 11.8. The number of hydrogen-bond donors (Lipinski definition) is 2. The predicted molar refractivity (Wildman–Crippen MR) is 110 cm³/mol. The van der Waals surface area contributed by atoms with Gasteiger partial charge in [0.1, 0.15) is 12.1 Å². The normalized spacial score (nSPS) is 11.2. The van der Waals surface area contributed by atoms with E-state index in [9.17, 15) is 4.79 Å². The predicted octanol–water partition coefficient (Wildman–Crippen LogP) is 3.04. The van der Waals surface area contributed by atoms with E-state index >= 15 is 0 Å². The monoisotopic (exact) mass is 465 g/mol. The number of nitrogens with one attached hydrogen (secondary N) is 2. The number of carbonyl (C=O) groups is 1. The topological polar surface area (TPSA) is 81.2 Å². The lowest BCUT2D eigenvalue weighted by molar-refractivity contribution is -0.153. The number of aliphatic imine (C=N–C) groups is 1. The summed E-state index contributed by atoms with van der Waals surface area (Å²) in [5.74, 6) is 1.38. The third-order valence-corrected chi connectivity index (χ3v) is 2.77. The van der Waals surface area contributed by atoms with Gasteiger partial charge in [-0.25, -0.2) is 0 Å². The molecule has 0 saturated carbocycles. The van der Waals surface area contributed by atoms with Crippen molar-refractivity contribution in [3.63, 3.8) is 0 Å². The van der Waals surface area contributed by atoms with Gasteiger partial charge in [-0.15, -0.1) is 24.0 Å². The minimum absolute atomic E-state index is 0. The maximum Gasteiger partial charge on any atom is 0.325 e. The molecule has 0 atom stereocenters. The molecule has 0 fully saturated rings. The van der Waals surface area contributed by atoms with Crippen molar-refractivity contribution in [1.82, 2.24) is 5.32 Å². The highest BCUT2D eigenvalue weighted by atomic mass is 127. The molecule has 0 radical (unpaired) electrons. The molecule has 1 rings (SSSR count).